The lowest BCUT2D eigenvalue weighted by molar-refractivity contribution is -0.0674. The third-order valence-electron chi connectivity index (χ3n) is 2.78. The number of alkyl halides is 1. The summed E-state index contributed by atoms with van der Waals surface area (Å²) in [6.07, 6.45) is 3.50. The van der Waals surface area contributed by atoms with E-state index < -0.39 is 0 Å². The second-order valence-electron chi connectivity index (χ2n) is 3.60. The quantitative estimate of drug-likeness (QED) is 0.613. The monoisotopic (exact) mass is 159 g/mol. The van der Waals surface area contributed by atoms with Gasteiger partial charge >= 0.3 is 0 Å². The number of morpholine rings is 1. The van der Waals surface area contributed by atoms with Gasteiger partial charge in [0.15, 0.2) is 0 Å². The molecule has 1 N–H and O–H groups in total. The summed E-state index contributed by atoms with van der Waals surface area (Å²) < 4.78 is 17.4. The van der Waals surface area contributed by atoms with Gasteiger partial charge in [-0.25, -0.2) is 4.39 Å². The number of hydrogen-bond donors (Lipinski definition) is 1. The van der Waals surface area contributed by atoms with E-state index in [4.69, 9.17) is 4.74 Å². The molecule has 0 amide bonds. The summed E-state index contributed by atoms with van der Waals surface area (Å²) in [6, 6.07) is 0. The largest absolute Gasteiger partial charge is 0.372 e. The number of nitrogens with one attached hydrogen (secondary N) is 1. The molecule has 1 aliphatic carbocycles. The Hall–Kier alpha value is -0.150. The zero-order chi connectivity index (χ0) is 7.73. The highest BCUT2D eigenvalue weighted by Crippen LogP contribution is 2.33. The highest BCUT2D eigenvalue weighted by atomic mass is 19.1. The van der Waals surface area contributed by atoms with Crippen LogP contribution in [0.4, 0.5) is 4.39 Å². The lowest BCUT2D eigenvalue weighted by Gasteiger charge is -2.47. The average Bonchev–Trinajstić information content (AvgIpc) is 2.02. The minimum Gasteiger partial charge on any atom is -0.372 e. The van der Waals surface area contributed by atoms with Gasteiger partial charge < -0.3 is 10.1 Å². The molecular formula is C8H14FNO. The van der Waals surface area contributed by atoms with Crippen molar-refractivity contribution in [2.24, 2.45) is 0 Å². The van der Waals surface area contributed by atoms with E-state index in [2.05, 4.69) is 5.32 Å². The first-order valence-electron chi connectivity index (χ1n) is 4.27. The first kappa shape index (κ1) is 7.50. The third-order valence-corrected chi connectivity index (χ3v) is 2.78. The van der Waals surface area contributed by atoms with Crippen molar-refractivity contribution in [3.8, 4) is 0 Å². The molecule has 1 saturated heterocycles. The predicted molar refractivity (Wildman–Crippen MR) is 40.3 cm³/mol. The molecule has 1 heterocycles. The Balaban J connectivity index is 1.84. The van der Waals surface area contributed by atoms with Crippen LogP contribution in [0.25, 0.3) is 0 Å². The van der Waals surface area contributed by atoms with Crippen LogP contribution in [0, 0.1) is 0 Å². The second-order valence-corrected chi connectivity index (χ2v) is 3.60. The Morgan fingerprint density at radius 1 is 1.55 bits per heavy atom. The Morgan fingerprint density at radius 3 is 2.73 bits per heavy atom. The molecule has 64 valence electrons. The van der Waals surface area contributed by atoms with Crippen LogP contribution in [0.3, 0.4) is 0 Å². The molecule has 1 spiro atoms. The predicted octanol–water partition coefficient (Wildman–Crippen LogP) is 0.867. The maximum absolute atomic E-state index is 12.1. The minimum absolute atomic E-state index is 0.193. The first-order valence-corrected chi connectivity index (χ1v) is 4.27. The molecule has 1 atom stereocenters. The summed E-state index contributed by atoms with van der Waals surface area (Å²) in [6.45, 7) is 1.04. The molecule has 3 heteroatoms. The number of hydrogen-bond acceptors (Lipinski definition) is 2. The van der Waals surface area contributed by atoms with Crippen LogP contribution in [0.5, 0.6) is 0 Å². The van der Waals surface area contributed by atoms with Crippen LogP contribution >= 0.6 is 0 Å². The smallest absolute Gasteiger partial charge is 0.117 e. The van der Waals surface area contributed by atoms with Gasteiger partial charge in [0.25, 0.3) is 0 Å². The third kappa shape index (κ3) is 1.27. The van der Waals surface area contributed by atoms with E-state index in [1.54, 1.807) is 0 Å². The molecule has 1 aliphatic heterocycles. The summed E-state index contributed by atoms with van der Waals surface area (Å²) in [4.78, 5) is 0. The van der Waals surface area contributed by atoms with E-state index in [9.17, 15) is 4.39 Å². The lowest BCUT2D eigenvalue weighted by atomic mass is 9.76. The second kappa shape index (κ2) is 2.72. The molecule has 0 aromatic heterocycles. The van der Waals surface area contributed by atoms with E-state index in [0.717, 1.165) is 0 Å². The van der Waals surface area contributed by atoms with Crippen LogP contribution < -0.4 is 5.32 Å². The molecule has 2 fully saturated rings. The SMILES string of the molecule is FCC1CNC2(CCC2)CO1. The summed E-state index contributed by atoms with van der Waals surface area (Å²) in [5, 5.41) is 3.37. The van der Waals surface area contributed by atoms with Gasteiger partial charge in [0.05, 0.1) is 12.7 Å². The molecule has 11 heavy (non-hydrogen) atoms. The summed E-state index contributed by atoms with van der Waals surface area (Å²) in [5.74, 6) is 0. The van der Waals surface area contributed by atoms with Crippen molar-refractivity contribution in [2.45, 2.75) is 30.9 Å². The van der Waals surface area contributed by atoms with Crippen molar-refractivity contribution in [1.82, 2.24) is 5.32 Å². The van der Waals surface area contributed by atoms with Crippen LogP contribution in [0.1, 0.15) is 19.3 Å². The normalized spacial score (nSPS) is 35.2. The average molecular weight is 159 g/mol. The highest BCUT2D eigenvalue weighted by Gasteiger charge is 2.40. The minimum atomic E-state index is -0.358. The molecule has 0 bridgehead atoms. The van der Waals surface area contributed by atoms with Crippen molar-refractivity contribution >= 4 is 0 Å². The molecule has 0 aromatic rings. The van der Waals surface area contributed by atoms with Gasteiger partial charge in [-0.15, -0.1) is 0 Å². The molecule has 0 aromatic carbocycles. The van der Waals surface area contributed by atoms with Crippen molar-refractivity contribution in [3.05, 3.63) is 0 Å². The van der Waals surface area contributed by atoms with Crippen LogP contribution in [0.2, 0.25) is 0 Å². The zero-order valence-electron chi connectivity index (χ0n) is 6.61. The maximum atomic E-state index is 12.1. The van der Waals surface area contributed by atoms with Gasteiger partial charge in [-0.3, -0.25) is 0 Å². The van der Waals surface area contributed by atoms with Gasteiger partial charge in [-0.2, -0.15) is 0 Å². The fraction of sp³-hybridized carbons (Fsp3) is 1.00. The van der Waals surface area contributed by atoms with E-state index in [-0.39, 0.29) is 18.3 Å². The Labute approximate surface area is 66.1 Å². The Kier molecular flexibility index (Phi) is 1.85. The van der Waals surface area contributed by atoms with E-state index in [1.807, 2.05) is 0 Å². The fourth-order valence-electron chi connectivity index (χ4n) is 1.74. The van der Waals surface area contributed by atoms with Gasteiger partial charge in [-0.05, 0) is 19.3 Å². The number of halogens is 1. The zero-order valence-corrected chi connectivity index (χ0v) is 6.61. The summed E-state index contributed by atoms with van der Waals surface area (Å²) in [5.41, 5.74) is 0.242. The molecule has 1 saturated carbocycles. The van der Waals surface area contributed by atoms with E-state index >= 15 is 0 Å². The van der Waals surface area contributed by atoms with Crippen LogP contribution in [-0.4, -0.2) is 31.5 Å². The van der Waals surface area contributed by atoms with Crippen molar-refractivity contribution in [3.63, 3.8) is 0 Å². The van der Waals surface area contributed by atoms with Gasteiger partial charge in [0, 0.05) is 12.1 Å². The molecule has 2 rings (SSSR count). The van der Waals surface area contributed by atoms with Gasteiger partial charge in [-0.1, -0.05) is 0 Å². The highest BCUT2D eigenvalue weighted by molar-refractivity contribution is 4.98. The molecule has 1 unspecified atom stereocenters. The van der Waals surface area contributed by atoms with Crippen LogP contribution in [-0.2, 0) is 4.74 Å². The molecule has 2 aliphatic rings. The maximum Gasteiger partial charge on any atom is 0.117 e. The molecular weight excluding hydrogens is 145 g/mol. The Bertz CT molecular complexity index is 137. The van der Waals surface area contributed by atoms with Gasteiger partial charge in [0.1, 0.15) is 6.67 Å². The molecule has 2 nitrogen and oxygen atoms in total. The summed E-state index contributed by atoms with van der Waals surface area (Å²) >= 11 is 0. The van der Waals surface area contributed by atoms with Crippen molar-refractivity contribution < 1.29 is 9.13 Å². The molecule has 0 radical (unpaired) electrons. The fourth-order valence-corrected chi connectivity index (χ4v) is 1.74. The topological polar surface area (TPSA) is 21.3 Å². The first-order chi connectivity index (χ1) is 5.35. The number of ether oxygens (including phenoxy) is 1. The van der Waals surface area contributed by atoms with E-state index in [0.29, 0.717) is 13.2 Å². The van der Waals surface area contributed by atoms with Crippen molar-refractivity contribution in [2.75, 3.05) is 19.8 Å². The van der Waals surface area contributed by atoms with E-state index in [1.165, 1.54) is 19.3 Å². The number of rotatable bonds is 1. The standard InChI is InChI=1S/C8H14FNO/c9-4-7-5-10-8(6-11-7)2-1-3-8/h7,10H,1-6H2. The van der Waals surface area contributed by atoms with Gasteiger partial charge in [0.2, 0.25) is 0 Å². The Morgan fingerprint density at radius 2 is 2.36 bits per heavy atom. The summed E-state index contributed by atoms with van der Waals surface area (Å²) in [7, 11) is 0. The van der Waals surface area contributed by atoms with Crippen molar-refractivity contribution in [1.29, 1.82) is 0 Å². The lowest BCUT2D eigenvalue weighted by Crippen LogP contribution is -2.61. The van der Waals surface area contributed by atoms with Crippen LogP contribution in [0.15, 0.2) is 0 Å².